The smallest absolute Gasteiger partial charge is 0.337 e. The molecule has 1 aromatic rings. The van der Waals surface area contributed by atoms with Crippen molar-refractivity contribution in [2.24, 2.45) is 5.73 Å². The predicted octanol–water partition coefficient (Wildman–Crippen LogP) is 1.28. The van der Waals surface area contributed by atoms with E-state index in [0.717, 1.165) is 11.1 Å². The minimum absolute atomic E-state index is 0.0477. The third-order valence-corrected chi connectivity index (χ3v) is 2.29. The van der Waals surface area contributed by atoms with Gasteiger partial charge < -0.3 is 10.8 Å². The molecule has 0 bridgehead atoms. The van der Waals surface area contributed by atoms with Gasteiger partial charge in [0.25, 0.3) is 0 Å². The average molecular weight is 204 g/mol. The molecule has 4 nitrogen and oxygen atoms in total. The highest BCUT2D eigenvalue weighted by atomic mass is 16.4. The summed E-state index contributed by atoms with van der Waals surface area (Å²) in [6, 6.07) is 4.96. The lowest BCUT2D eigenvalue weighted by Gasteiger charge is -2.08. The zero-order valence-corrected chi connectivity index (χ0v) is 8.45. The lowest BCUT2D eigenvalue weighted by Crippen LogP contribution is -2.07. The summed E-state index contributed by atoms with van der Waals surface area (Å²) < 4.78 is 0. The van der Waals surface area contributed by atoms with E-state index < -0.39 is 5.97 Å². The zero-order chi connectivity index (χ0) is 11.4. The third-order valence-electron chi connectivity index (χ3n) is 2.29. The molecule has 0 unspecified atom stereocenters. The van der Waals surface area contributed by atoms with Crippen molar-refractivity contribution in [1.29, 1.82) is 5.26 Å². The van der Waals surface area contributed by atoms with Crippen LogP contribution in [-0.2, 0) is 13.0 Å². The topological polar surface area (TPSA) is 87.1 Å². The molecule has 0 saturated carbocycles. The van der Waals surface area contributed by atoms with Gasteiger partial charge in [-0.05, 0) is 29.7 Å². The summed E-state index contributed by atoms with van der Waals surface area (Å²) in [4.78, 5) is 10.9. The Bertz CT molecular complexity index is 433. The summed E-state index contributed by atoms with van der Waals surface area (Å²) in [5, 5.41) is 17.7. The molecule has 3 N–H and O–H groups in total. The largest absolute Gasteiger partial charge is 0.478 e. The lowest BCUT2D eigenvalue weighted by atomic mass is 9.97. The fourth-order valence-electron chi connectivity index (χ4n) is 1.48. The van der Waals surface area contributed by atoms with E-state index in [-0.39, 0.29) is 11.1 Å². The second kappa shape index (κ2) is 4.58. The van der Waals surface area contributed by atoms with E-state index in [0.29, 0.717) is 13.0 Å². The molecule has 0 aromatic heterocycles. The van der Waals surface area contributed by atoms with Crippen molar-refractivity contribution < 1.29 is 9.90 Å². The maximum absolute atomic E-state index is 10.9. The quantitative estimate of drug-likeness (QED) is 0.776. The van der Waals surface area contributed by atoms with E-state index in [1.54, 1.807) is 6.07 Å². The van der Waals surface area contributed by atoms with Crippen molar-refractivity contribution in [2.45, 2.75) is 19.9 Å². The normalized spacial score (nSPS) is 9.67. The number of nitrogens with zero attached hydrogens (tertiary/aromatic N) is 1. The number of carbonyl (C=O) groups is 1. The Morgan fingerprint density at radius 3 is 2.60 bits per heavy atom. The highest BCUT2D eigenvalue weighted by Gasteiger charge is 2.13. The average Bonchev–Trinajstić information content (AvgIpc) is 2.26. The molecular formula is C11H12N2O2. The monoisotopic (exact) mass is 204 g/mol. The van der Waals surface area contributed by atoms with Crippen LogP contribution in [0.25, 0.3) is 0 Å². The molecule has 15 heavy (non-hydrogen) atoms. The number of rotatable bonds is 3. The van der Waals surface area contributed by atoms with Crippen LogP contribution in [0.4, 0.5) is 0 Å². The zero-order valence-electron chi connectivity index (χ0n) is 8.45. The van der Waals surface area contributed by atoms with Gasteiger partial charge in [-0.2, -0.15) is 5.26 Å². The van der Waals surface area contributed by atoms with Gasteiger partial charge in [-0.25, -0.2) is 4.79 Å². The van der Waals surface area contributed by atoms with Crippen LogP contribution in [0.1, 0.15) is 34.0 Å². The van der Waals surface area contributed by atoms with E-state index in [2.05, 4.69) is 0 Å². The first-order valence-electron chi connectivity index (χ1n) is 4.63. The van der Waals surface area contributed by atoms with Gasteiger partial charge in [0.1, 0.15) is 6.07 Å². The number of nitriles is 1. The first-order chi connectivity index (χ1) is 7.13. The Morgan fingerprint density at radius 2 is 2.20 bits per heavy atom. The summed E-state index contributed by atoms with van der Waals surface area (Å²) in [5.41, 5.74) is 7.45. The molecule has 1 rings (SSSR count). The highest BCUT2D eigenvalue weighted by Crippen LogP contribution is 2.17. The number of hydrogen-bond donors (Lipinski definition) is 2. The predicted molar refractivity (Wildman–Crippen MR) is 55.4 cm³/mol. The van der Waals surface area contributed by atoms with Crippen molar-refractivity contribution >= 4 is 5.97 Å². The number of carboxylic acid groups (broad SMARTS) is 1. The molecule has 78 valence electrons. The number of aromatic carboxylic acids is 1. The van der Waals surface area contributed by atoms with Crippen LogP contribution in [0.2, 0.25) is 0 Å². The minimum Gasteiger partial charge on any atom is -0.478 e. The van der Waals surface area contributed by atoms with E-state index in [4.69, 9.17) is 16.1 Å². The summed E-state index contributed by atoms with van der Waals surface area (Å²) in [6.07, 6.45) is 0.707. The number of carboxylic acids is 1. The molecule has 1 aromatic carbocycles. The number of benzene rings is 1. The SMILES string of the molecule is CCc1cc(C(=O)O)c(C#N)cc1CN. The fraction of sp³-hybridized carbons (Fsp3) is 0.273. The van der Waals surface area contributed by atoms with Gasteiger partial charge >= 0.3 is 5.97 Å². The number of hydrogen-bond acceptors (Lipinski definition) is 3. The van der Waals surface area contributed by atoms with E-state index >= 15 is 0 Å². The summed E-state index contributed by atoms with van der Waals surface area (Å²) in [7, 11) is 0. The minimum atomic E-state index is -1.08. The molecule has 0 radical (unpaired) electrons. The first-order valence-corrected chi connectivity index (χ1v) is 4.63. The van der Waals surface area contributed by atoms with E-state index in [1.165, 1.54) is 6.07 Å². The molecule has 0 fully saturated rings. The molecule has 0 saturated heterocycles. The standard InChI is InChI=1S/C11H12N2O2/c1-2-7-4-10(11(14)15)9(6-13)3-8(7)5-12/h3-4H,2,5,12H2,1H3,(H,14,15). The fourth-order valence-corrected chi connectivity index (χ4v) is 1.48. The Balaban J connectivity index is 3.42. The first kappa shape index (κ1) is 11.2. The molecule has 0 heterocycles. The van der Waals surface area contributed by atoms with Gasteiger partial charge in [-0.1, -0.05) is 6.92 Å². The van der Waals surface area contributed by atoms with Crippen molar-refractivity contribution in [1.82, 2.24) is 0 Å². The van der Waals surface area contributed by atoms with E-state index in [1.807, 2.05) is 13.0 Å². The van der Waals surface area contributed by atoms with Crippen molar-refractivity contribution in [3.63, 3.8) is 0 Å². The van der Waals surface area contributed by atoms with Crippen LogP contribution < -0.4 is 5.73 Å². The maximum atomic E-state index is 10.9. The van der Waals surface area contributed by atoms with Crippen LogP contribution >= 0.6 is 0 Å². The maximum Gasteiger partial charge on any atom is 0.337 e. The van der Waals surface area contributed by atoms with Crippen LogP contribution in [-0.4, -0.2) is 11.1 Å². The van der Waals surface area contributed by atoms with Crippen LogP contribution in [0.3, 0.4) is 0 Å². The van der Waals surface area contributed by atoms with Gasteiger partial charge in [-0.3, -0.25) is 0 Å². The molecule has 0 amide bonds. The van der Waals surface area contributed by atoms with Crippen LogP contribution in [0, 0.1) is 11.3 Å². The Hall–Kier alpha value is -1.86. The summed E-state index contributed by atoms with van der Waals surface area (Å²) >= 11 is 0. The van der Waals surface area contributed by atoms with Crippen molar-refractivity contribution in [2.75, 3.05) is 0 Å². The Labute approximate surface area is 87.9 Å². The van der Waals surface area contributed by atoms with Gasteiger partial charge in [0, 0.05) is 6.54 Å². The second-order valence-electron chi connectivity index (χ2n) is 3.14. The second-order valence-corrected chi connectivity index (χ2v) is 3.14. The van der Waals surface area contributed by atoms with Crippen molar-refractivity contribution in [3.8, 4) is 6.07 Å². The molecule has 0 atom stereocenters. The number of nitrogens with two attached hydrogens (primary N) is 1. The van der Waals surface area contributed by atoms with Crippen LogP contribution in [0.15, 0.2) is 12.1 Å². The van der Waals surface area contributed by atoms with Gasteiger partial charge in [0.05, 0.1) is 11.1 Å². The highest BCUT2D eigenvalue weighted by molar-refractivity contribution is 5.91. The lowest BCUT2D eigenvalue weighted by molar-refractivity contribution is 0.0696. The molecule has 4 heteroatoms. The van der Waals surface area contributed by atoms with Gasteiger partial charge in [0.2, 0.25) is 0 Å². The summed E-state index contributed by atoms with van der Waals surface area (Å²) in [5.74, 6) is -1.08. The Kier molecular flexibility index (Phi) is 3.42. The van der Waals surface area contributed by atoms with Gasteiger partial charge in [-0.15, -0.1) is 0 Å². The van der Waals surface area contributed by atoms with E-state index in [9.17, 15) is 4.79 Å². The Morgan fingerprint density at radius 1 is 1.53 bits per heavy atom. The number of aryl methyl sites for hydroxylation is 1. The summed E-state index contributed by atoms with van der Waals surface area (Å²) in [6.45, 7) is 2.24. The third kappa shape index (κ3) is 2.14. The van der Waals surface area contributed by atoms with Crippen molar-refractivity contribution in [3.05, 3.63) is 34.4 Å². The molecule has 0 aliphatic carbocycles. The molecule has 0 aliphatic rings. The molecule has 0 aliphatic heterocycles. The van der Waals surface area contributed by atoms with Crippen LogP contribution in [0.5, 0.6) is 0 Å². The molecule has 0 spiro atoms. The van der Waals surface area contributed by atoms with Gasteiger partial charge in [0.15, 0.2) is 0 Å². The molecular weight excluding hydrogens is 192 g/mol.